The number of nitrogens with zero attached hydrogens (tertiary/aromatic N) is 2. The van der Waals surface area contributed by atoms with Gasteiger partial charge in [-0.25, -0.2) is 8.42 Å². The summed E-state index contributed by atoms with van der Waals surface area (Å²) in [7, 11) is -3.79. The molecule has 6 heteroatoms. The van der Waals surface area contributed by atoms with E-state index >= 15 is 0 Å². The highest BCUT2D eigenvalue weighted by molar-refractivity contribution is 7.92. The third-order valence-electron chi connectivity index (χ3n) is 6.14. The molecule has 0 aliphatic carbocycles. The number of hydrogen-bond donors (Lipinski definition) is 0. The molecule has 31 heavy (non-hydrogen) atoms. The lowest BCUT2D eigenvalue weighted by atomic mass is 10.0. The summed E-state index contributed by atoms with van der Waals surface area (Å²) in [5.74, 6) is -0.168. The molecule has 2 aliphatic rings. The van der Waals surface area contributed by atoms with Gasteiger partial charge in [0.05, 0.1) is 10.6 Å². The molecule has 0 N–H and O–H groups in total. The van der Waals surface area contributed by atoms with E-state index in [4.69, 9.17) is 0 Å². The number of benzene rings is 3. The molecule has 158 valence electrons. The summed E-state index contributed by atoms with van der Waals surface area (Å²) in [6, 6.07) is 21.8. The van der Waals surface area contributed by atoms with Crippen LogP contribution in [0.5, 0.6) is 0 Å². The van der Waals surface area contributed by atoms with E-state index < -0.39 is 10.0 Å². The molecule has 1 amide bonds. The second kappa shape index (κ2) is 7.54. The molecule has 0 radical (unpaired) electrons. The fourth-order valence-corrected chi connectivity index (χ4v) is 6.45. The lowest BCUT2D eigenvalue weighted by Crippen LogP contribution is -2.37. The van der Waals surface area contributed by atoms with E-state index in [1.807, 2.05) is 55.5 Å². The first-order valence-electron chi connectivity index (χ1n) is 10.6. The van der Waals surface area contributed by atoms with Crippen LogP contribution < -0.4 is 9.21 Å². The minimum absolute atomic E-state index is 0.146. The Kier molecular flexibility index (Phi) is 4.82. The second-order valence-electron chi connectivity index (χ2n) is 8.20. The van der Waals surface area contributed by atoms with Gasteiger partial charge in [0.15, 0.2) is 0 Å². The third-order valence-corrected chi connectivity index (χ3v) is 8.06. The summed E-state index contributed by atoms with van der Waals surface area (Å²) in [5.41, 5.74) is 4.19. The van der Waals surface area contributed by atoms with Crippen LogP contribution in [0.4, 0.5) is 11.4 Å². The maximum absolute atomic E-state index is 13.6. The highest BCUT2D eigenvalue weighted by atomic mass is 32.2. The number of sulfonamides is 1. The van der Waals surface area contributed by atoms with Gasteiger partial charge in [0, 0.05) is 23.8 Å². The van der Waals surface area contributed by atoms with Crippen molar-refractivity contribution in [2.24, 2.45) is 0 Å². The predicted molar refractivity (Wildman–Crippen MR) is 122 cm³/mol. The fourth-order valence-electron chi connectivity index (χ4n) is 4.71. The summed E-state index contributed by atoms with van der Waals surface area (Å²) in [4.78, 5) is 15.3. The predicted octanol–water partition coefficient (Wildman–Crippen LogP) is 4.42. The SMILES string of the molecule is C[C@@H]1Cc2ccccc2N1S(=O)(=O)c1cccc(C(=O)N2CCCc3ccccc32)c1. The van der Waals surface area contributed by atoms with Crippen LogP contribution in [-0.4, -0.2) is 26.9 Å². The van der Waals surface area contributed by atoms with E-state index in [1.165, 1.54) is 10.4 Å². The van der Waals surface area contributed by atoms with Gasteiger partial charge in [-0.3, -0.25) is 9.10 Å². The monoisotopic (exact) mass is 432 g/mol. The van der Waals surface area contributed by atoms with Crippen LogP contribution in [0, 0.1) is 0 Å². The molecular formula is C25H24N2O3S. The lowest BCUT2D eigenvalue weighted by molar-refractivity contribution is 0.0985. The summed E-state index contributed by atoms with van der Waals surface area (Å²) >= 11 is 0. The molecule has 0 spiro atoms. The Morgan fingerprint density at radius 3 is 2.42 bits per heavy atom. The van der Waals surface area contributed by atoms with Crippen LogP contribution in [-0.2, 0) is 22.9 Å². The molecule has 1 atom stereocenters. The Morgan fingerprint density at radius 2 is 1.61 bits per heavy atom. The van der Waals surface area contributed by atoms with Crippen molar-refractivity contribution in [1.82, 2.24) is 0 Å². The molecule has 0 saturated carbocycles. The molecule has 0 unspecified atom stereocenters. The van der Waals surface area contributed by atoms with E-state index in [9.17, 15) is 13.2 Å². The van der Waals surface area contributed by atoms with Crippen LogP contribution in [0.15, 0.2) is 77.7 Å². The van der Waals surface area contributed by atoms with Gasteiger partial charge in [0.1, 0.15) is 0 Å². The quantitative estimate of drug-likeness (QED) is 0.616. The van der Waals surface area contributed by atoms with E-state index in [2.05, 4.69) is 0 Å². The van der Waals surface area contributed by atoms with Crippen LogP contribution in [0.1, 0.15) is 34.8 Å². The number of aryl methyl sites for hydroxylation is 1. The number of carbonyl (C=O) groups excluding carboxylic acids is 1. The Balaban J connectivity index is 1.51. The number of carbonyl (C=O) groups is 1. The number of rotatable bonds is 3. The van der Waals surface area contributed by atoms with E-state index in [0.29, 0.717) is 18.5 Å². The summed E-state index contributed by atoms with van der Waals surface area (Å²) < 4.78 is 28.6. The van der Waals surface area contributed by atoms with Crippen molar-refractivity contribution in [2.45, 2.75) is 37.1 Å². The van der Waals surface area contributed by atoms with Crippen LogP contribution in [0.2, 0.25) is 0 Å². The first-order valence-corrected chi connectivity index (χ1v) is 12.0. The minimum Gasteiger partial charge on any atom is -0.308 e. The third kappa shape index (κ3) is 3.31. The zero-order chi connectivity index (χ0) is 21.6. The molecule has 2 heterocycles. The number of anilines is 2. The smallest absolute Gasteiger partial charge is 0.264 e. The zero-order valence-electron chi connectivity index (χ0n) is 17.4. The summed E-state index contributed by atoms with van der Waals surface area (Å²) in [6.07, 6.45) is 2.52. The van der Waals surface area contributed by atoms with Crippen molar-refractivity contribution < 1.29 is 13.2 Å². The zero-order valence-corrected chi connectivity index (χ0v) is 18.2. The number of amides is 1. The van der Waals surface area contributed by atoms with Gasteiger partial charge in [0.25, 0.3) is 15.9 Å². The molecular weight excluding hydrogens is 408 g/mol. The van der Waals surface area contributed by atoms with Gasteiger partial charge in [-0.2, -0.15) is 0 Å². The van der Waals surface area contributed by atoms with Crippen LogP contribution in [0.3, 0.4) is 0 Å². The van der Waals surface area contributed by atoms with Crippen molar-refractivity contribution >= 4 is 27.3 Å². The summed E-state index contributed by atoms with van der Waals surface area (Å²) in [5, 5.41) is 0. The first kappa shape index (κ1) is 19.8. The average Bonchev–Trinajstić information content (AvgIpc) is 3.14. The van der Waals surface area contributed by atoms with E-state index in [-0.39, 0.29) is 16.8 Å². The summed E-state index contributed by atoms with van der Waals surface area (Å²) in [6.45, 7) is 2.54. The van der Waals surface area contributed by atoms with Crippen LogP contribution >= 0.6 is 0 Å². The molecule has 5 rings (SSSR count). The van der Waals surface area contributed by atoms with Crippen LogP contribution in [0.25, 0.3) is 0 Å². The number of fused-ring (bicyclic) bond motifs is 2. The Labute approximate surface area is 183 Å². The van der Waals surface area contributed by atoms with Crippen molar-refractivity contribution in [2.75, 3.05) is 15.7 Å². The maximum atomic E-state index is 13.6. The maximum Gasteiger partial charge on any atom is 0.264 e. The van der Waals surface area contributed by atoms with Crippen molar-refractivity contribution in [3.63, 3.8) is 0 Å². The molecule has 0 saturated heterocycles. The number of para-hydroxylation sites is 2. The van der Waals surface area contributed by atoms with Gasteiger partial charge in [-0.05, 0) is 67.6 Å². The highest BCUT2D eigenvalue weighted by Crippen LogP contribution is 2.37. The lowest BCUT2D eigenvalue weighted by Gasteiger charge is -2.30. The Hall–Kier alpha value is -3.12. The topological polar surface area (TPSA) is 57.7 Å². The van der Waals surface area contributed by atoms with Crippen molar-refractivity contribution in [3.8, 4) is 0 Å². The first-order chi connectivity index (χ1) is 15.0. The average molecular weight is 433 g/mol. The molecule has 2 aliphatic heterocycles. The molecule has 3 aromatic carbocycles. The highest BCUT2D eigenvalue weighted by Gasteiger charge is 2.36. The fraction of sp³-hybridized carbons (Fsp3) is 0.240. The standard InChI is InChI=1S/C25H24N2O3S/c1-18-16-20-9-3-5-14-24(20)27(18)31(29,30)22-12-6-10-21(17-22)25(28)26-15-7-11-19-8-2-4-13-23(19)26/h2-6,8-10,12-14,17-18H,7,11,15-16H2,1H3/t18-/m1/s1. The van der Waals surface area contributed by atoms with Crippen molar-refractivity contribution in [3.05, 3.63) is 89.5 Å². The van der Waals surface area contributed by atoms with E-state index in [0.717, 1.165) is 35.3 Å². The van der Waals surface area contributed by atoms with Crippen molar-refractivity contribution in [1.29, 1.82) is 0 Å². The Bertz CT molecular complexity index is 1270. The molecule has 0 aromatic heterocycles. The van der Waals surface area contributed by atoms with Gasteiger partial charge in [-0.1, -0.05) is 42.5 Å². The van der Waals surface area contributed by atoms with E-state index in [1.54, 1.807) is 23.1 Å². The second-order valence-corrected chi connectivity index (χ2v) is 10.0. The van der Waals surface area contributed by atoms with Gasteiger partial charge < -0.3 is 4.90 Å². The van der Waals surface area contributed by atoms with Gasteiger partial charge in [0.2, 0.25) is 0 Å². The van der Waals surface area contributed by atoms with Gasteiger partial charge >= 0.3 is 0 Å². The normalized spacial score (nSPS) is 17.9. The van der Waals surface area contributed by atoms with Gasteiger partial charge in [-0.15, -0.1) is 0 Å². The molecule has 5 nitrogen and oxygen atoms in total. The molecule has 3 aromatic rings. The molecule has 0 fully saturated rings. The largest absolute Gasteiger partial charge is 0.308 e. The Morgan fingerprint density at radius 1 is 0.903 bits per heavy atom. The molecule has 0 bridgehead atoms. The number of hydrogen-bond acceptors (Lipinski definition) is 3. The minimum atomic E-state index is -3.79.